The summed E-state index contributed by atoms with van der Waals surface area (Å²) in [5, 5.41) is 5.52. The molecule has 0 bridgehead atoms. The Morgan fingerprint density at radius 2 is 2.17 bits per heavy atom. The maximum absolute atomic E-state index is 11.9. The Bertz CT molecular complexity index is 671. The van der Waals surface area contributed by atoms with Crippen molar-refractivity contribution >= 4 is 17.5 Å². The van der Waals surface area contributed by atoms with E-state index in [0.29, 0.717) is 18.0 Å². The highest BCUT2D eigenvalue weighted by Crippen LogP contribution is 2.18. The second kappa shape index (κ2) is 9.41. The number of hydrogen-bond acceptors (Lipinski definition) is 3. The zero-order valence-corrected chi connectivity index (χ0v) is 13.8. The van der Waals surface area contributed by atoms with Gasteiger partial charge in [0, 0.05) is 24.6 Å². The van der Waals surface area contributed by atoms with Crippen molar-refractivity contribution in [1.29, 1.82) is 0 Å². The lowest BCUT2D eigenvalue weighted by molar-refractivity contribution is -0.125. The molecule has 0 aromatic heterocycles. The van der Waals surface area contributed by atoms with Gasteiger partial charge in [0.15, 0.2) is 0 Å². The number of rotatable bonds is 5. The van der Waals surface area contributed by atoms with Crippen LogP contribution in [0.2, 0.25) is 0 Å². The summed E-state index contributed by atoms with van der Waals surface area (Å²) in [4.78, 5) is 22.9. The summed E-state index contributed by atoms with van der Waals surface area (Å²) in [6, 6.07) is 7.12. The molecule has 2 rings (SSSR count). The molecular formula is C19H22N2O3. The summed E-state index contributed by atoms with van der Waals surface area (Å²) in [5.74, 6) is 6.39. The maximum atomic E-state index is 11.9. The number of carbonyl (C=O) groups excluding carboxylic acids is 2. The molecule has 0 saturated heterocycles. The van der Waals surface area contributed by atoms with Crippen LogP contribution in [0.4, 0.5) is 5.69 Å². The van der Waals surface area contributed by atoms with Gasteiger partial charge < -0.3 is 15.4 Å². The fourth-order valence-corrected chi connectivity index (χ4v) is 2.41. The molecule has 5 nitrogen and oxygen atoms in total. The van der Waals surface area contributed by atoms with E-state index in [0.717, 1.165) is 19.3 Å². The Balaban J connectivity index is 1.69. The minimum Gasteiger partial charge on any atom is -0.481 e. The number of benzene rings is 1. The van der Waals surface area contributed by atoms with Crippen LogP contribution in [0.1, 0.15) is 26.2 Å². The number of ether oxygens (including phenoxy) is 1. The van der Waals surface area contributed by atoms with E-state index in [1.807, 2.05) is 0 Å². The largest absolute Gasteiger partial charge is 0.481 e. The number of anilines is 1. The lowest BCUT2D eigenvalue weighted by Gasteiger charge is -2.16. The highest BCUT2D eigenvalue weighted by molar-refractivity contribution is 5.88. The molecule has 0 spiro atoms. The second-order valence-corrected chi connectivity index (χ2v) is 5.55. The first-order chi connectivity index (χ1) is 11.6. The average molecular weight is 326 g/mol. The van der Waals surface area contributed by atoms with Crippen LogP contribution in [0.15, 0.2) is 36.4 Å². The first kappa shape index (κ1) is 17.6. The molecule has 0 saturated carbocycles. The van der Waals surface area contributed by atoms with Crippen LogP contribution in [0.25, 0.3) is 0 Å². The molecule has 1 aromatic carbocycles. The predicted octanol–water partition coefficient (Wildman–Crippen LogP) is 2.50. The van der Waals surface area contributed by atoms with Gasteiger partial charge >= 0.3 is 0 Å². The van der Waals surface area contributed by atoms with E-state index in [1.54, 1.807) is 24.3 Å². The first-order valence-electron chi connectivity index (χ1n) is 8.04. The highest BCUT2D eigenvalue weighted by Gasteiger charge is 2.17. The topological polar surface area (TPSA) is 67.4 Å². The zero-order chi connectivity index (χ0) is 17.2. The van der Waals surface area contributed by atoms with Gasteiger partial charge in [0.2, 0.25) is 11.8 Å². The lowest BCUT2D eigenvalue weighted by Crippen LogP contribution is -2.31. The van der Waals surface area contributed by atoms with E-state index in [1.165, 1.54) is 6.92 Å². The molecule has 2 N–H and O–H groups in total. The normalized spacial score (nSPS) is 15.8. The van der Waals surface area contributed by atoms with Crippen molar-refractivity contribution in [3.63, 3.8) is 0 Å². The molecule has 1 aromatic rings. The number of hydrogen-bond donors (Lipinski definition) is 2. The van der Waals surface area contributed by atoms with Gasteiger partial charge in [-0.3, -0.25) is 9.59 Å². The third kappa shape index (κ3) is 6.17. The van der Waals surface area contributed by atoms with Crippen molar-refractivity contribution < 1.29 is 14.3 Å². The fraction of sp³-hybridized carbons (Fsp3) is 0.368. The van der Waals surface area contributed by atoms with Crippen molar-refractivity contribution in [1.82, 2.24) is 5.32 Å². The van der Waals surface area contributed by atoms with E-state index >= 15 is 0 Å². The summed E-state index contributed by atoms with van der Waals surface area (Å²) in [5.41, 5.74) is 0.682. The van der Waals surface area contributed by atoms with Crippen LogP contribution < -0.4 is 15.4 Å². The van der Waals surface area contributed by atoms with Crippen LogP contribution in [0.5, 0.6) is 5.75 Å². The Morgan fingerprint density at radius 1 is 1.29 bits per heavy atom. The van der Waals surface area contributed by atoms with Crippen molar-refractivity contribution in [2.75, 3.05) is 18.5 Å². The molecule has 0 heterocycles. The summed E-state index contributed by atoms with van der Waals surface area (Å²) in [6.07, 6.45) is 6.86. The van der Waals surface area contributed by atoms with Gasteiger partial charge in [0.05, 0.1) is 6.54 Å². The van der Waals surface area contributed by atoms with Gasteiger partial charge in [-0.1, -0.05) is 30.1 Å². The monoisotopic (exact) mass is 326 g/mol. The third-order valence-corrected chi connectivity index (χ3v) is 3.58. The van der Waals surface area contributed by atoms with E-state index in [9.17, 15) is 9.59 Å². The Hall–Kier alpha value is -2.74. The van der Waals surface area contributed by atoms with E-state index in [4.69, 9.17) is 4.74 Å². The first-order valence-corrected chi connectivity index (χ1v) is 8.04. The van der Waals surface area contributed by atoms with Gasteiger partial charge in [-0.2, -0.15) is 0 Å². The summed E-state index contributed by atoms with van der Waals surface area (Å²) in [7, 11) is 0. The van der Waals surface area contributed by atoms with E-state index in [-0.39, 0.29) is 24.3 Å². The van der Waals surface area contributed by atoms with Gasteiger partial charge in [0.1, 0.15) is 12.4 Å². The minimum atomic E-state index is -0.129. The minimum absolute atomic E-state index is 0.0672. The molecule has 2 amide bonds. The molecule has 1 aliphatic rings. The summed E-state index contributed by atoms with van der Waals surface area (Å²) in [6.45, 7) is 2.01. The standard InChI is InChI=1S/C19H22N2O3/c1-15(22)21-17-10-7-11-18(14-17)24-13-6-5-12-20-19(23)16-8-3-2-4-9-16/h2-3,7,10-11,14,16H,4,8-9,12-13H2,1H3,(H,20,23)(H,21,22). The predicted molar refractivity (Wildman–Crippen MR) is 93.5 cm³/mol. The fourth-order valence-electron chi connectivity index (χ4n) is 2.41. The molecule has 5 heteroatoms. The van der Waals surface area contributed by atoms with Crippen molar-refractivity contribution in [2.45, 2.75) is 26.2 Å². The van der Waals surface area contributed by atoms with Gasteiger partial charge in [-0.05, 0) is 31.4 Å². The molecule has 24 heavy (non-hydrogen) atoms. The number of allylic oxidation sites excluding steroid dienone is 2. The lowest BCUT2D eigenvalue weighted by atomic mass is 9.94. The van der Waals surface area contributed by atoms with Gasteiger partial charge in [-0.15, -0.1) is 0 Å². The summed E-state index contributed by atoms with van der Waals surface area (Å²) < 4.78 is 5.50. The highest BCUT2D eigenvalue weighted by atomic mass is 16.5. The smallest absolute Gasteiger partial charge is 0.224 e. The van der Waals surface area contributed by atoms with Crippen LogP contribution in [-0.4, -0.2) is 25.0 Å². The third-order valence-electron chi connectivity index (χ3n) is 3.58. The molecule has 0 fully saturated rings. The SMILES string of the molecule is CC(=O)Nc1cccc(OCC#CCNC(=O)C2CC=CCC2)c1. The van der Waals surface area contributed by atoms with E-state index in [2.05, 4.69) is 34.6 Å². The van der Waals surface area contributed by atoms with Gasteiger partial charge in [-0.25, -0.2) is 0 Å². The second-order valence-electron chi connectivity index (χ2n) is 5.55. The Kier molecular flexibility index (Phi) is 6.91. The van der Waals surface area contributed by atoms with Crippen molar-refractivity contribution in [3.05, 3.63) is 36.4 Å². The van der Waals surface area contributed by atoms with Crippen molar-refractivity contribution in [2.24, 2.45) is 5.92 Å². The van der Waals surface area contributed by atoms with Crippen LogP contribution in [0, 0.1) is 17.8 Å². The quantitative estimate of drug-likeness (QED) is 0.645. The number of nitrogens with one attached hydrogen (secondary N) is 2. The van der Waals surface area contributed by atoms with Crippen LogP contribution >= 0.6 is 0 Å². The summed E-state index contributed by atoms with van der Waals surface area (Å²) >= 11 is 0. The zero-order valence-electron chi connectivity index (χ0n) is 13.8. The van der Waals surface area contributed by atoms with Crippen LogP contribution in [-0.2, 0) is 9.59 Å². The maximum Gasteiger partial charge on any atom is 0.224 e. The molecule has 0 aliphatic heterocycles. The van der Waals surface area contributed by atoms with Crippen molar-refractivity contribution in [3.8, 4) is 17.6 Å². The Morgan fingerprint density at radius 3 is 2.92 bits per heavy atom. The molecule has 0 radical (unpaired) electrons. The Labute approximate surface area is 142 Å². The average Bonchev–Trinajstić information content (AvgIpc) is 2.58. The number of carbonyl (C=O) groups is 2. The van der Waals surface area contributed by atoms with Gasteiger partial charge in [0.25, 0.3) is 0 Å². The van der Waals surface area contributed by atoms with E-state index < -0.39 is 0 Å². The molecule has 126 valence electrons. The molecule has 1 aliphatic carbocycles. The molecule has 1 unspecified atom stereocenters. The molecule has 1 atom stereocenters. The van der Waals surface area contributed by atoms with Crippen LogP contribution in [0.3, 0.4) is 0 Å². The number of amides is 2. The molecular weight excluding hydrogens is 304 g/mol.